The number of benzene rings is 2. The van der Waals surface area contributed by atoms with E-state index in [9.17, 15) is 19.5 Å². The van der Waals surface area contributed by atoms with Gasteiger partial charge in [-0.15, -0.1) is 0 Å². The van der Waals surface area contributed by atoms with Crippen molar-refractivity contribution in [2.75, 3.05) is 51.1 Å². The summed E-state index contributed by atoms with van der Waals surface area (Å²) >= 11 is 0. The molecule has 0 spiro atoms. The van der Waals surface area contributed by atoms with Crippen LogP contribution in [0.5, 0.6) is 11.5 Å². The lowest BCUT2D eigenvalue weighted by Crippen LogP contribution is -2.50. The lowest BCUT2D eigenvalue weighted by Gasteiger charge is -2.36. The van der Waals surface area contributed by atoms with Crippen LogP contribution in [-0.4, -0.2) is 97.6 Å². The van der Waals surface area contributed by atoms with Gasteiger partial charge < -0.3 is 45.1 Å². The fourth-order valence-electron chi connectivity index (χ4n) is 6.32. The molecule has 270 valence electrons. The third kappa shape index (κ3) is 11.3. The molecule has 0 unspecified atom stereocenters. The topological polar surface area (TPSA) is 142 Å². The molecule has 2 aromatic carbocycles. The first kappa shape index (κ1) is 37.8. The Morgan fingerprint density at radius 1 is 1.00 bits per heavy atom. The van der Waals surface area contributed by atoms with E-state index in [1.165, 1.54) is 6.42 Å². The molecule has 5 amide bonds. The van der Waals surface area contributed by atoms with E-state index in [4.69, 9.17) is 14.2 Å². The standard InChI is InChI=1S/C37H55N5O7/c1-25-22-42(26(2)24-43)35(44)32-21-30(39-36(45)38-29-14-17-31(47-5)18-15-29)16-19-33(32)49-27(3)11-9-10-20-48-34(25)23-41(4)37(46)40-28-12-7-6-8-13-28/h14-19,21,25-28,34,43H,6-13,20,22-24H2,1-5H3,(H,40,46)(H2,38,39,45)/t25-,26+,27-,34+/m1/s1. The molecule has 1 aliphatic heterocycles. The second-order valence-corrected chi connectivity index (χ2v) is 13.5. The van der Waals surface area contributed by atoms with Crippen molar-refractivity contribution in [3.8, 4) is 11.5 Å². The number of carbonyl (C=O) groups is 3. The number of hydrogen-bond donors (Lipinski definition) is 4. The van der Waals surface area contributed by atoms with Gasteiger partial charge in [-0.3, -0.25) is 4.79 Å². The number of aliphatic hydroxyl groups excluding tert-OH is 1. The molecule has 0 saturated heterocycles. The van der Waals surface area contributed by atoms with E-state index in [2.05, 4.69) is 16.0 Å². The SMILES string of the molecule is COc1ccc(NC(=O)Nc2ccc3c(c2)C(=O)N([C@@H](C)CO)C[C@@H](C)[C@H](CN(C)C(=O)NC2CCCCC2)OCCCC[C@@H](C)O3)cc1. The average molecular weight is 682 g/mol. The molecule has 4 rings (SSSR count). The first-order valence-electron chi connectivity index (χ1n) is 17.7. The van der Waals surface area contributed by atoms with Crippen molar-refractivity contribution in [3.05, 3.63) is 48.0 Å². The van der Waals surface area contributed by atoms with Crippen molar-refractivity contribution in [3.63, 3.8) is 0 Å². The summed E-state index contributed by atoms with van der Waals surface area (Å²) in [5.41, 5.74) is 1.27. The number of carbonyl (C=O) groups excluding carboxylic acids is 3. The molecule has 2 aromatic rings. The van der Waals surface area contributed by atoms with Crippen molar-refractivity contribution < 1.29 is 33.7 Å². The van der Waals surface area contributed by atoms with Gasteiger partial charge in [-0.25, -0.2) is 9.59 Å². The minimum Gasteiger partial charge on any atom is -0.497 e. The molecule has 12 nitrogen and oxygen atoms in total. The highest BCUT2D eigenvalue weighted by atomic mass is 16.5. The van der Waals surface area contributed by atoms with Crippen molar-refractivity contribution >= 4 is 29.3 Å². The van der Waals surface area contributed by atoms with Gasteiger partial charge in [0.25, 0.3) is 5.91 Å². The summed E-state index contributed by atoms with van der Waals surface area (Å²) in [6, 6.07) is 11.1. The highest BCUT2D eigenvalue weighted by Gasteiger charge is 2.31. The van der Waals surface area contributed by atoms with E-state index in [1.54, 1.807) is 73.3 Å². The summed E-state index contributed by atoms with van der Waals surface area (Å²) in [6.45, 7) is 6.68. The number of urea groups is 2. The van der Waals surface area contributed by atoms with Crippen LogP contribution in [-0.2, 0) is 4.74 Å². The van der Waals surface area contributed by atoms with Crippen LogP contribution in [0.1, 0.15) is 82.5 Å². The highest BCUT2D eigenvalue weighted by molar-refractivity contribution is 6.02. The minimum absolute atomic E-state index is 0.116. The van der Waals surface area contributed by atoms with Crippen LogP contribution in [0, 0.1) is 5.92 Å². The summed E-state index contributed by atoms with van der Waals surface area (Å²) < 4.78 is 17.9. The molecule has 0 bridgehead atoms. The molecule has 1 saturated carbocycles. The fourth-order valence-corrected chi connectivity index (χ4v) is 6.32. The summed E-state index contributed by atoms with van der Waals surface area (Å²) in [6.07, 6.45) is 7.39. The van der Waals surface area contributed by atoms with Gasteiger partial charge in [0, 0.05) is 50.1 Å². The minimum atomic E-state index is -0.518. The quantitative estimate of drug-likeness (QED) is 0.264. The van der Waals surface area contributed by atoms with E-state index in [-0.39, 0.29) is 54.8 Å². The summed E-state index contributed by atoms with van der Waals surface area (Å²) in [4.78, 5) is 43.7. The van der Waals surface area contributed by atoms with Gasteiger partial charge in [0.1, 0.15) is 11.5 Å². The Morgan fingerprint density at radius 2 is 1.67 bits per heavy atom. The Morgan fingerprint density at radius 3 is 2.37 bits per heavy atom. The molecule has 0 aromatic heterocycles. The van der Waals surface area contributed by atoms with Gasteiger partial charge in [-0.05, 0) is 88.4 Å². The number of hydrogen-bond acceptors (Lipinski definition) is 7. The zero-order valence-electron chi connectivity index (χ0n) is 29.7. The molecule has 2 aliphatic rings. The maximum Gasteiger partial charge on any atom is 0.323 e. The maximum atomic E-state index is 14.4. The fraction of sp³-hybridized carbons (Fsp3) is 0.595. The number of nitrogens with zero attached hydrogens (tertiary/aromatic N) is 2. The predicted molar refractivity (Wildman–Crippen MR) is 191 cm³/mol. The normalized spacial score (nSPS) is 21.7. The average Bonchev–Trinajstić information content (AvgIpc) is 3.10. The second-order valence-electron chi connectivity index (χ2n) is 13.5. The lowest BCUT2D eigenvalue weighted by atomic mass is 9.96. The number of amides is 5. The van der Waals surface area contributed by atoms with Crippen molar-refractivity contribution in [1.82, 2.24) is 15.1 Å². The monoisotopic (exact) mass is 681 g/mol. The van der Waals surface area contributed by atoms with Crippen LogP contribution < -0.4 is 25.4 Å². The van der Waals surface area contributed by atoms with Crippen LogP contribution in [0.15, 0.2) is 42.5 Å². The van der Waals surface area contributed by atoms with Gasteiger partial charge in [0.15, 0.2) is 0 Å². The van der Waals surface area contributed by atoms with Crippen molar-refractivity contribution in [2.24, 2.45) is 5.92 Å². The van der Waals surface area contributed by atoms with Crippen molar-refractivity contribution in [1.29, 1.82) is 0 Å². The number of aliphatic hydroxyl groups is 1. The molecule has 0 radical (unpaired) electrons. The molecule has 4 N–H and O–H groups in total. The van der Waals surface area contributed by atoms with Crippen LogP contribution in [0.3, 0.4) is 0 Å². The highest BCUT2D eigenvalue weighted by Crippen LogP contribution is 2.29. The largest absolute Gasteiger partial charge is 0.497 e. The number of nitrogens with one attached hydrogen (secondary N) is 3. The zero-order valence-corrected chi connectivity index (χ0v) is 29.7. The zero-order chi connectivity index (χ0) is 35.3. The van der Waals surface area contributed by atoms with Gasteiger partial charge in [0.2, 0.25) is 0 Å². The van der Waals surface area contributed by atoms with Crippen LogP contribution in [0.25, 0.3) is 0 Å². The number of likely N-dealkylation sites (N-methyl/N-ethyl adjacent to an activating group) is 1. The Labute approximate surface area is 290 Å². The molecule has 12 heteroatoms. The Kier molecular flexibility index (Phi) is 14.4. The molecule has 4 atom stereocenters. The van der Waals surface area contributed by atoms with E-state index < -0.39 is 12.1 Å². The van der Waals surface area contributed by atoms with E-state index in [1.807, 2.05) is 13.8 Å². The smallest absolute Gasteiger partial charge is 0.323 e. The molecular formula is C37H55N5O7. The van der Waals surface area contributed by atoms with Crippen LogP contribution >= 0.6 is 0 Å². The summed E-state index contributed by atoms with van der Waals surface area (Å²) in [7, 11) is 3.36. The third-order valence-corrected chi connectivity index (χ3v) is 9.39. The Balaban J connectivity index is 1.55. The van der Waals surface area contributed by atoms with E-state index >= 15 is 0 Å². The van der Waals surface area contributed by atoms with Gasteiger partial charge in [-0.2, -0.15) is 0 Å². The van der Waals surface area contributed by atoms with Crippen LogP contribution in [0.2, 0.25) is 0 Å². The first-order valence-corrected chi connectivity index (χ1v) is 17.7. The molecule has 1 heterocycles. The molecular weight excluding hydrogens is 626 g/mol. The Hall–Kier alpha value is -4.03. The number of fused-ring (bicyclic) bond motifs is 1. The van der Waals surface area contributed by atoms with Crippen LogP contribution in [0.4, 0.5) is 21.0 Å². The maximum absolute atomic E-state index is 14.4. The molecule has 1 aliphatic carbocycles. The lowest BCUT2D eigenvalue weighted by molar-refractivity contribution is -0.0123. The second kappa shape index (κ2) is 18.7. The third-order valence-electron chi connectivity index (χ3n) is 9.39. The molecule has 49 heavy (non-hydrogen) atoms. The number of anilines is 2. The van der Waals surface area contributed by atoms with Gasteiger partial charge in [0.05, 0.1) is 37.5 Å². The first-order chi connectivity index (χ1) is 23.6. The number of ether oxygens (including phenoxy) is 3. The predicted octanol–water partition coefficient (Wildman–Crippen LogP) is 6.11. The summed E-state index contributed by atoms with van der Waals surface area (Å²) in [5, 5.41) is 19.0. The van der Waals surface area contributed by atoms with Crippen molar-refractivity contribution in [2.45, 2.75) is 96.4 Å². The summed E-state index contributed by atoms with van der Waals surface area (Å²) in [5.74, 6) is 0.566. The van der Waals surface area contributed by atoms with Gasteiger partial charge in [-0.1, -0.05) is 26.2 Å². The van der Waals surface area contributed by atoms with E-state index in [0.717, 1.165) is 44.9 Å². The Bertz CT molecular complexity index is 1370. The number of rotatable bonds is 8. The van der Waals surface area contributed by atoms with Gasteiger partial charge >= 0.3 is 12.1 Å². The van der Waals surface area contributed by atoms with E-state index in [0.29, 0.717) is 36.0 Å². The number of methoxy groups -OCH3 is 1. The molecule has 1 fully saturated rings.